The van der Waals surface area contributed by atoms with E-state index in [0.717, 1.165) is 22.5 Å². The number of carbonyl (C=O) groups excluding carboxylic acids is 1. The fourth-order valence-corrected chi connectivity index (χ4v) is 2.38. The maximum atomic E-state index is 11.9. The van der Waals surface area contributed by atoms with Gasteiger partial charge in [0.05, 0.1) is 5.69 Å². The number of para-hydroxylation sites is 1. The monoisotopic (exact) mass is 284 g/mol. The predicted octanol–water partition coefficient (Wildman–Crippen LogP) is 4.09. The molecule has 0 bridgehead atoms. The second kappa shape index (κ2) is 5.10. The third-order valence-electron chi connectivity index (χ3n) is 3.36. The highest BCUT2D eigenvalue weighted by Crippen LogP contribution is 2.31. The molecule has 0 fully saturated rings. The van der Waals surface area contributed by atoms with E-state index >= 15 is 0 Å². The van der Waals surface area contributed by atoms with E-state index in [4.69, 9.17) is 11.6 Å². The maximum Gasteiger partial charge on any atom is 0.237 e. The van der Waals surface area contributed by atoms with E-state index in [1.165, 1.54) is 0 Å². The topological polar surface area (TPSA) is 41.5 Å². The van der Waals surface area contributed by atoms with Gasteiger partial charge in [-0.05, 0) is 36.2 Å². The Morgan fingerprint density at radius 3 is 2.85 bits per heavy atom. The number of hydrogen-bond acceptors (Lipinski definition) is 2. The van der Waals surface area contributed by atoms with E-state index in [2.05, 4.69) is 10.3 Å². The molecule has 1 heterocycles. The van der Waals surface area contributed by atoms with Crippen molar-refractivity contribution in [1.82, 2.24) is 0 Å². The van der Waals surface area contributed by atoms with Crippen LogP contribution < -0.4 is 5.32 Å². The zero-order valence-electron chi connectivity index (χ0n) is 10.9. The van der Waals surface area contributed by atoms with Crippen LogP contribution in [0.1, 0.15) is 17.0 Å². The number of aliphatic imine (C=N–C) groups is 1. The molecule has 0 radical (unpaired) electrons. The summed E-state index contributed by atoms with van der Waals surface area (Å²) < 4.78 is 0. The highest BCUT2D eigenvalue weighted by Gasteiger charge is 2.28. The van der Waals surface area contributed by atoms with Crippen LogP contribution >= 0.6 is 11.6 Å². The SMILES string of the molecule is Cc1ccc(N=CC2C(=O)Nc3ccccc32)cc1Cl. The molecule has 2 aromatic carbocycles. The van der Waals surface area contributed by atoms with Crippen molar-refractivity contribution in [3.05, 3.63) is 58.6 Å². The van der Waals surface area contributed by atoms with E-state index in [-0.39, 0.29) is 11.8 Å². The van der Waals surface area contributed by atoms with Crippen LogP contribution in [0, 0.1) is 6.92 Å². The second-order valence-corrected chi connectivity index (χ2v) is 5.17. The lowest BCUT2D eigenvalue weighted by Crippen LogP contribution is -2.12. The van der Waals surface area contributed by atoms with Gasteiger partial charge in [-0.3, -0.25) is 9.79 Å². The molecule has 1 aliphatic rings. The minimum Gasteiger partial charge on any atom is -0.325 e. The highest BCUT2D eigenvalue weighted by molar-refractivity contribution is 6.31. The molecule has 4 heteroatoms. The Labute approximate surface area is 122 Å². The van der Waals surface area contributed by atoms with Crippen molar-refractivity contribution < 1.29 is 4.79 Å². The molecular weight excluding hydrogens is 272 g/mol. The number of nitrogens with zero attached hydrogens (tertiary/aromatic N) is 1. The van der Waals surface area contributed by atoms with Crippen molar-refractivity contribution in [2.75, 3.05) is 5.32 Å². The average molecular weight is 285 g/mol. The highest BCUT2D eigenvalue weighted by atomic mass is 35.5. The van der Waals surface area contributed by atoms with Gasteiger partial charge in [-0.15, -0.1) is 0 Å². The van der Waals surface area contributed by atoms with Gasteiger partial charge in [0.15, 0.2) is 0 Å². The fraction of sp³-hybridized carbons (Fsp3) is 0.125. The molecule has 1 aliphatic heterocycles. The summed E-state index contributed by atoms with van der Waals surface area (Å²) in [6.45, 7) is 1.94. The number of amides is 1. The normalized spacial score (nSPS) is 17.3. The van der Waals surface area contributed by atoms with Crippen LogP contribution in [-0.4, -0.2) is 12.1 Å². The smallest absolute Gasteiger partial charge is 0.237 e. The average Bonchev–Trinajstić information content (AvgIpc) is 2.76. The van der Waals surface area contributed by atoms with Crippen molar-refractivity contribution in [2.45, 2.75) is 12.8 Å². The van der Waals surface area contributed by atoms with E-state index in [0.29, 0.717) is 5.02 Å². The van der Waals surface area contributed by atoms with E-state index in [1.54, 1.807) is 12.3 Å². The van der Waals surface area contributed by atoms with Crippen LogP contribution in [0.15, 0.2) is 47.5 Å². The first-order chi connectivity index (χ1) is 9.65. The van der Waals surface area contributed by atoms with Crippen LogP contribution in [0.25, 0.3) is 0 Å². The second-order valence-electron chi connectivity index (χ2n) is 4.77. The Balaban J connectivity index is 1.89. The molecule has 100 valence electrons. The minimum atomic E-state index is -0.341. The lowest BCUT2D eigenvalue weighted by atomic mass is 10.0. The molecule has 2 aromatic rings. The number of fused-ring (bicyclic) bond motifs is 1. The third kappa shape index (κ3) is 2.32. The first-order valence-corrected chi connectivity index (χ1v) is 6.73. The number of nitrogens with one attached hydrogen (secondary N) is 1. The van der Waals surface area contributed by atoms with Crippen LogP contribution in [-0.2, 0) is 4.79 Å². The molecule has 3 rings (SSSR count). The lowest BCUT2D eigenvalue weighted by molar-refractivity contribution is -0.115. The Morgan fingerprint density at radius 1 is 1.25 bits per heavy atom. The standard InChI is InChI=1S/C16H13ClN2O/c1-10-6-7-11(8-14(10)17)18-9-13-12-4-2-3-5-15(12)19-16(13)20/h2-9,13H,1H3,(H,19,20). The van der Waals surface area contributed by atoms with E-state index in [1.807, 2.05) is 43.3 Å². The molecule has 1 unspecified atom stereocenters. The fourth-order valence-electron chi connectivity index (χ4n) is 2.20. The summed E-state index contributed by atoms with van der Waals surface area (Å²) in [6, 6.07) is 13.2. The number of hydrogen-bond donors (Lipinski definition) is 1. The van der Waals surface area contributed by atoms with Gasteiger partial charge < -0.3 is 5.32 Å². The Bertz CT molecular complexity index is 709. The number of aryl methyl sites for hydroxylation is 1. The molecule has 1 amide bonds. The van der Waals surface area contributed by atoms with E-state index in [9.17, 15) is 4.79 Å². The van der Waals surface area contributed by atoms with Gasteiger partial charge in [-0.25, -0.2) is 0 Å². The largest absolute Gasteiger partial charge is 0.325 e. The molecule has 3 nitrogen and oxygen atoms in total. The molecule has 0 saturated carbocycles. The van der Waals surface area contributed by atoms with Gasteiger partial charge in [0, 0.05) is 16.9 Å². The van der Waals surface area contributed by atoms with Crippen molar-refractivity contribution in [3.8, 4) is 0 Å². The summed E-state index contributed by atoms with van der Waals surface area (Å²) in [7, 11) is 0. The van der Waals surface area contributed by atoms with Crippen molar-refractivity contribution >= 4 is 35.1 Å². The first-order valence-electron chi connectivity index (χ1n) is 6.35. The van der Waals surface area contributed by atoms with Gasteiger partial charge in [0.2, 0.25) is 5.91 Å². The summed E-state index contributed by atoms with van der Waals surface area (Å²) >= 11 is 6.07. The summed E-state index contributed by atoms with van der Waals surface area (Å²) in [5.41, 5.74) is 3.57. The first kappa shape index (κ1) is 12.9. The summed E-state index contributed by atoms with van der Waals surface area (Å²) in [4.78, 5) is 16.3. The molecular formula is C16H13ClN2O. The van der Waals surface area contributed by atoms with Gasteiger partial charge in [-0.2, -0.15) is 0 Å². The maximum absolute atomic E-state index is 11.9. The number of carbonyl (C=O) groups is 1. The molecule has 20 heavy (non-hydrogen) atoms. The Hall–Kier alpha value is -2.13. The van der Waals surface area contributed by atoms with Crippen LogP contribution in [0.2, 0.25) is 5.02 Å². The summed E-state index contributed by atoms with van der Waals surface area (Å²) in [5, 5.41) is 3.52. The quantitative estimate of drug-likeness (QED) is 0.829. The number of rotatable bonds is 2. The van der Waals surface area contributed by atoms with Crippen molar-refractivity contribution in [2.24, 2.45) is 4.99 Å². The van der Waals surface area contributed by atoms with Crippen molar-refractivity contribution in [3.63, 3.8) is 0 Å². The zero-order valence-corrected chi connectivity index (χ0v) is 11.7. The predicted molar refractivity (Wildman–Crippen MR) is 82.2 cm³/mol. The summed E-state index contributed by atoms with van der Waals surface area (Å²) in [5.74, 6) is -0.389. The minimum absolute atomic E-state index is 0.0480. The molecule has 1 atom stereocenters. The van der Waals surface area contributed by atoms with Gasteiger partial charge in [0.25, 0.3) is 0 Å². The summed E-state index contributed by atoms with van der Waals surface area (Å²) in [6.07, 6.45) is 1.67. The van der Waals surface area contributed by atoms with Gasteiger partial charge in [0.1, 0.15) is 5.92 Å². The van der Waals surface area contributed by atoms with Crippen molar-refractivity contribution in [1.29, 1.82) is 0 Å². The number of halogens is 1. The van der Waals surface area contributed by atoms with Gasteiger partial charge >= 0.3 is 0 Å². The number of anilines is 1. The molecule has 0 aliphatic carbocycles. The molecule has 0 saturated heterocycles. The Morgan fingerprint density at radius 2 is 2.05 bits per heavy atom. The molecule has 0 spiro atoms. The van der Waals surface area contributed by atoms with Crippen LogP contribution in [0.5, 0.6) is 0 Å². The Kier molecular flexibility index (Phi) is 3.28. The van der Waals surface area contributed by atoms with Gasteiger partial charge in [-0.1, -0.05) is 35.9 Å². The molecule has 0 aromatic heterocycles. The molecule has 1 N–H and O–H groups in total. The van der Waals surface area contributed by atoms with Crippen LogP contribution in [0.3, 0.4) is 0 Å². The lowest BCUT2D eigenvalue weighted by Gasteiger charge is -2.02. The van der Waals surface area contributed by atoms with Crippen LogP contribution in [0.4, 0.5) is 11.4 Å². The third-order valence-corrected chi connectivity index (χ3v) is 3.77. The zero-order chi connectivity index (χ0) is 14.1. The van der Waals surface area contributed by atoms with E-state index < -0.39 is 0 Å². The number of benzene rings is 2.